The number of rotatable bonds is 10. The third-order valence-corrected chi connectivity index (χ3v) is 8.24. The quantitative estimate of drug-likeness (QED) is 0.337. The highest BCUT2D eigenvalue weighted by molar-refractivity contribution is 7.67. The molecular formula is C27H35N2O2P. The maximum absolute atomic E-state index is 14.7. The van der Waals surface area contributed by atoms with E-state index in [-0.39, 0.29) is 0 Å². The van der Waals surface area contributed by atoms with Crippen LogP contribution in [-0.2, 0) is 9.09 Å². The summed E-state index contributed by atoms with van der Waals surface area (Å²) in [5, 5.41) is 4.25. The van der Waals surface area contributed by atoms with Crippen LogP contribution in [0.2, 0.25) is 0 Å². The standard InChI is InChI=1S/C27H35N2O2P/c1-6-20-31-32(30,26-18-16-25(17-19-26)29(4)5)27(28-24-10-8-7-9-11-24)23-14-12-22(13-15-23)21(2)3/h7-19,21,27-28H,6,20H2,1-5H3/t27-,32-/m1/s1. The van der Waals surface area contributed by atoms with Gasteiger partial charge < -0.3 is 14.7 Å². The van der Waals surface area contributed by atoms with E-state index in [1.165, 1.54) is 5.56 Å². The Morgan fingerprint density at radius 2 is 1.47 bits per heavy atom. The molecule has 0 aliphatic rings. The largest absolute Gasteiger partial charge is 0.378 e. The number of benzene rings is 3. The van der Waals surface area contributed by atoms with Gasteiger partial charge in [-0.3, -0.25) is 4.57 Å². The average Bonchev–Trinajstić information content (AvgIpc) is 2.82. The Kier molecular flexibility index (Phi) is 8.17. The molecule has 170 valence electrons. The minimum Gasteiger partial charge on any atom is -0.378 e. The van der Waals surface area contributed by atoms with E-state index in [0.717, 1.165) is 28.7 Å². The minimum absolute atomic E-state index is 0.434. The van der Waals surface area contributed by atoms with Crippen LogP contribution in [0.5, 0.6) is 0 Å². The molecule has 3 rings (SSSR count). The number of para-hydroxylation sites is 1. The van der Waals surface area contributed by atoms with Gasteiger partial charge in [-0.15, -0.1) is 0 Å². The summed E-state index contributed by atoms with van der Waals surface area (Å²) >= 11 is 0. The topological polar surface area (TPSA) is 41.6 Å². The first-order valence-corrected chi connectivity index (χ1v) is 13.0. The van der Waals surface area contributed by atoms with Gasteiger partial charge in [-0.25, -0.2) is 0 Å². The van der Waals surface area contributed by atoms with Crippen LogP contribution < -0.4 is 15.5 Å². The summed E-state index contributed by atoms with van der Waals surface area (Å²) in [6.45, 7) is 6.83. The Morgan fingerprint density at radius 1 is 0.875 bits per heavy atom. The summed E-state index contributed by atoms with van der Waals surface area (Å²) in [7, 11) is 0.692. The molecule has 5 heteroatoms. The molecule has 0 unspecified atom stereocenters. The molecule has 32 heavy (non-hydrogen) atoms. The van der Waals surface area contributed by atoms with Gasteiger partial charge in [-0.1, -0.05) is 63.2 Å². The average molecular weight is 451 g/mol. The van der Waals surface area contributed by atoms with Crippen LogP contribution in [0.1, 0.15) is 50.0 Å². The molecule has 0 bridgehead atoms. The predicted molar refractivity (Wildman–Crippen MR) is 138 cm³/mol. The fourth-order valence-corrected chi connectivity index (χ4v) is 6.10. The van der Waals surface area contributed by atoms with E-state index >= 15 is 0 Å². The van der Waals surface area contributed by atoms with Gasteiger partial charge in [0.2, 0.25) is 0 Å². The third-order valence-electron chi connectivity index (χ3n) is 5.55. The summed E-state index contributed by atoms with van der Waals surface area (Å²) in [6.07, 6.45) is 0.796. The van der Waals surface area contributed by atoms with Gasteiger partial charge in [0.15, 0.2) is 0 Å². The SMILES string of the molecule is CCCO[P@](=O)(c1ccc(N(C)C)cc1)[C@@H](Nc1ccccc1)c1ccc(C(C)C)cc1. The van der Waals surface area contributed by atoms with Crippen molar-refractivity contribution in [2.75, 3.05) is 30.9 Å². The van der Waals surface area contributed by atoms with Gasteiger partial charge in [0.05, 0.1) is 6.61 Å². The minimum atomic E-state index is -3.30. The lowest BCUT2D eigenvalue weighted by Crippen LogP contribution is -2.21. The first-order valence-electron chi connectivity index (χ1n) is 11.3. The molecular weight excluding hydrogens is 415 g/mol. The molecule has 0 heterocycles. The maximum atomic E-state index is 14.7. The van der Waals surface area contributed by atoms with Crippen LogP contribution in [0, 0.1) is 0 Å². The maximum Gasteiger partial charge on any atom is 0.258 e. The molecule has 0 fully saturated rings. The molecule has 4 nitrogen and oxygen atoms in total. The summed E-state index contributed by atoms with van der Waals surface area (Å²) in [5.41, 5.74) is 4.18. The lowest BCUT2D eigenvalue weighted by molar-refractivity contribution is 0.315. The smallest absolute Gasteiger partial charge is 0.258 e. The van der Waals surface area contributed by atoms with Crippen molar-refractivity contribution in [2.45, 2.75) is 38.9 Å². The fraction of sp³-hybridized carbons (Fsp3) is 0.333. The molecule has 0 aliphatic heterocycles. The van der Waals surface area contributed by atoms with Crippen molar-refractivity contribution in [3.63, 3.8) is 0 Å². The normalized spacial score (nSPS) is 14.1. The molecule has 0 spiro atoms. The number of hydrogen-bond donors (Lipinski definition) is 1. The van der Waals surface area contributed by atoms with Crippen molar-refractivity contribution < 1.29 is 9.09 Å². The molecule has 0 saturated heterocycles. The molecule has 0 aliphatic carbocycles. The van der Waals surface area contributed by atoms with Crippen LogP contribution >= 0.6 is 7.37 Å². The predicted octanol–water partition coefficient (Wildman–Crippen LogP) is 7.02. The molecule has 0 amide bonds. The molecule has 0 radical (unpaired) electrons. The van der Waals surface area contributed by atoms with Crippen LogP contribution in [0.15, 0.2) is 78.9 Å². The first-order chi connectivity index (χ1) is 15.3. The van der Waals surface area contributed by atoms with E-state index < -0.39 is 13.2 Å². The molecule has 1 N–H and O–H groups in total. The van der Waals surface area contributed by atoms with Crippen LogP contribution in [0.3, 0.4) is 0 Å². The van der Waals surface area contributed by atoms with Crippen LogP contribution in [0.25, 0.3) is 0 Å². The second kappa shape index (κ2) is 10.8. The van der Waals surface area contributed by atoms with Crippen molar-refractivity contribution in [3.05, 3.63) is 90.0 Å². The van der Waals surface area contributed by atoms with Crippen LogP contribution in [0.4, 0.5) is 11.4 Å². The summed E-state index contributed by atoms with van der Waals surface area (Å²) < 4.78 is 20.9. The van der Waals surface area contributed by atoms with E-state index in [1.54, 1.807) is 0 Å². The fourth-order valence-electron chi connectivity index (χ4n) is 3.60. The van der Waals surface area contributed by atoms with Crippen molar-refractivity contribution >= 4 is 24.0 Å². The van der Waals surface area contributed by atoms with E-state index in [2.05, 4.69) is 43.4 Å². The Bertz CT molecular complexity index is 1020. The van der Waals surface area contributed by atoms with Gasteiger partial charge in [0.25, 0.3) is 7.37 Å². The number of nitrogens with one attached hydrogen (secondary N) is 1. The second-order valence-electron chi connectivity index (χ2n) is 8.58. The lowest BCUT2D eigenvalue weighted by atomic mass is 10.0. The van der Waals surface area contributed by atoms with E-state index in [9.17, 15) is 4.57 Å². The van der Waals surface area contributed by atoms with Gasteiger partial charge >= 0.3 is 0 Å². The van der Waals surface area contributed by atoms with Crippen molar-refractivity contribution in [1.82, 2.24) is 0 Å². The number of hydrogen-bond acceptors (Lipinski definition) is 4. The Morgan fingerprint density at radius 3 is 2.00 bits per heavy atom. The molecule has 0 aromatic heterocycles. The monoisotopic (exact) mass is 450 g/mol. The zero-order valence-corrected chi connectivity index (χ0v) is 20.7. The van der Waals surface area contributed by atoms with E-state index in [4.69, 9.17) is 4.52 Å². The van der Waals surface area contributed by atoms with Crippen molar-refractivity contribution in [2.24, 2.45) is 0 Å². The second-order valence-corrected chi connectivity index (χ2v) is 11.1. The highest BCUT2D eigenvalue weighted by Crippen LogP contribution is 2.59. The Balaban J connectivity index is 2.10. The molecule has 0 saturated carbocycles. The van der Waals surface area contributed by atoms with Crippen molar-refractivity contribution in [1.29, 1.82) is 0 Å². The Labute approximate surface area is 193 Å². The van der Waals surface area contributed by atoms with Crippen molar-refractivity contribution in [3.8, 4) is 0 Å². The highest BCUT2D eigenvalue weighted by atomic mass is 31.2. The number of anilines is 2. The highest BCUT2D eigenvalue weighted by Gasteiger charge is 2.38. The summed E-state index contributed by atoms with van der Waals surface area (Å²) in [4.78, 5) is 2.03. The van der Waals surface area contributed by atoms with Gasteiger partial charge in [0.1, 0.15) is 5.78 Å². The van der Waals surface area contributed by atoms with Gasteiger partial charge in [0, 0.05) is 30.8 Å². The first kappa shape index (κ1) is 24.1. The third kappa shape index (κ3) is 5.62. The summed E-state index contributed by atoms with van der Waals surface area (Å²) in [6, 6.07) is 26.2. The molecule has 2 atom stereocenters. The van der Waals surface area contributed by atoms with E-state index in [1.807, 2.05) is 80.5 Å². The molecule has 3 aromatic carbocycles. The zero-order chi connectivity index (χ0) is 23.1. The Hall–Kier alpha value is -2.55. The van der Waals surface area contributed by atoms with E-state index in [0.29, 0.717) is 12.5 Å². The lowest BCUT2D eigenvalue weighted by Gasteiger charge is -2.30. The van der Waals surface area contributed by atoms with Gasteiger partial charge in [-0.05, 0) is 59.9 Å². The van der Waals surface area contributed by atoms with Crippen LogP contribution in [-0.4, -0.2) is 20.7 Å². The van der Waals surface area contributed by atoms with Gasteiger partial charge in [-0.2, -0.15) is 0 Å². The number of nitrogens with zero attached hydrogens (tertiary/aromatic N) is 1. The zero-order valence-electron chi connectivity index (χ0n) is 19.8. The molecule has 3 aromatic rings. The summed E-state index contributed by atoms with van der Waals surface area (Å²) in [5.74, 6) is -0.0609.